The minimum absolute atomic E-state index is 0.0456. The van der Waals surface area contributed by atoms with Gasteiger partial charge in [0.05, 0.1) is 6.61 Å². The highest BCUT2D eigenvalue weighted by Crippen LogP contribution is 2.41. The lowest BCUT2D eigenvalue weighted by Crippen LogP contribution is -2.47. The van der Waals surface area contributed by atoms with Gasteiger partial charge < -0.3 is 15.2 Å². The molecule has 3 rings (SSSR count). The summed E-state index contributed by atoms with van der Waals surface area (Å²) >= 11 is 2.16. The van der Waals surface area contributed by atoms with Crippen molar-refractivity contribution in [3.63, 3.8) is 0 Å². The van der Waals surface area contributed by atoms with Crippen molar-refractivity contribution in [2.75, 3.05) is 19.8 Å². The Morgan fingerprint density at radius 1 is 1.11 bits per heavy atom. The Balaban J connectivity index is 1.49. The van der Waals surface area contributed by atoms with E-state index in [2.05, 4.69) is 17.1 Å². The number of hydrogen-bond donors (Lipinski definition) is 2. The van der Waals surface area contributed by atoms with Crippen molar-refractivity contribution < 1.29 is 9.84 Å². The molecule has 2 unspecified atom stereocenters. The Bertz CT molecular complexity index is 279. The lowest BCUT2D eigenvalue weighted by molar-refractivity contribution is 0.0999. The first-order valence-electron chi connectivity index (χ1n) is 7.41. The number of aliphatic hydroxyl groups is 1. The van der Waals surface area contributed by atoms with Crippen LogP contribution in [0.1, 0.15) is 44.9 Å². The van der Waals surface area contributed by atoms with Crippen LogP contribution in [0.15, 0.2) is 0 Å². The van der Waals surface area contributed by atoms with E-state index in [4.69, 9.17) is 4.74 Å². The molecule has 1 heterocycles. The summed E-state index contributed by atoms with van der Waals surface area (Å²) in [6.07, 6.45) is 8.61. The van der Waals surface area contributed by atoms with Crippen LogP contribution in [0.2, 0.25) is 0 Å². The van der Waals surface area contributed by atoms with E-state index < -0.39 is 0 Å². The Hall–Kier alpha value is 0.230. The van der Waals surface area contributed by atoms with Gasteiger partial charge in [0.1, 0.15) is 0 Å². The molecule has 2 aliphatic carbocycles. The smallest absolute Gasteiger partial charge is 0.0613 e. The van der Waals surface area contributed by atoms with Gasteiger partial charge in [-0.3, -0.25) is 0 Å². The fraction of sp³-hybridized carbons (Fsp3) is 1.00. The number of rotatable bonds is 5. The Labute approximate surface area is 114 Å². The molecule has 3 fully saturated rings. The van der Waals surface area contributed by atoms with Gasteiger partial charge in [-0.05, 0) is 44.9 Å². The van der Waals surface area contributed by atoms with Gasteiger partial charge in [-0.15, -0.1) is 0 Å². The Morgan fingerprint density at radius 3 is 2.56 bits per heavy atom. The lowest BCUT2D eigenvalue weighted by atomic mass is 9.99. The van der Waals surface area contributed by atoms with Crippen LogP contribution in [-0.2, 0) is 4.74 Å². The zero-order valence-corrected chi connectivity index (χ0v) is 11.9. The predicted molar refractivity (Wildman–Crippen MR) is 75.0 cm³/mol. The van der Waals surface area contributed by atoms with Gasteiger partial charge in [-0.2, -0.15) is 11.8 Å². The van der Waals surface area contributed by atoms with Crippen LogP contribution in [0.25, 0.3) is 0 Å². The fourth-order valence-corrected chi connectivity index (χ4v) is 4.94. The molecule has 1 aliphatic heterocycles. The molecule has 0 radical (unpaired) electrons. The van der Waals surface area contributed by atoms with Gasteiger partial charge in [0.2, 0.25) is 0 Å². The average molecular weight is 271 g/mol. The largest absolute Gasteiger partial charge is 0.394 e. The molecule has 104 valence electrons. The van der Waals surface area contributed by atoms with Gasteiger partial charge in [0, 0.05) is 35.3 Å². The Morgan fingerprint density at radius 2 is 1.89 bits per heavy atom. The highest BCUT2D eigenvalue weighted by molar-refractivity contribution is 8.00. The van der Waals surface area contributed by atoms with E-state index in [1.807, 2.05) is 0 Å². The van der Waals surface area contributed by atoms with Crippen LogP contribution in [0.3, 0.4) is 0 Å². The second kappa shape index (κ2) is 5.70. The molecular formula is C14H25NO2S. The van der Waals surface area contributed by atoms with E-state index >= 15 is 0 Å². The number of ether oxygens (including phenoxy) is 1. The molecule has 2 N–H and O–H groups in total. The van der Waals surface area contributed by atoms with Crippen molar-refractivity contribution in [1.29, 1.82) is 0 Å². The van der Waals surface area contributed by atoms with Crippen molar-refractivity contribution in [3.05, 3.63) is 0 Å². The molecule has 4 heteroatoms. The van der Waals surface area contributed by atoms with E-state index in [0.717, 1.165) is 36.6 Å². The minimum Gasteiger partial charge on any atom is -0.394 e. The normalized spacial score (nSPS) is 38.2. The molecule has 3 nitrogen and oxygen atoms in total. The van der Waals surface area contributed by atoms with Crippen LogP contribution < -0.4 is 5.32 Å². The van der Waals surface area contributed by atoms with E-state index in [1.165, 1.54) is 32.1 Å². The molecular weight excluding hydrogens is 246 g/mol. The third-order valence-electron chi connectivity index (χ3n) is 4.51. The van der Waals surface area contributed by atoms with E-state index in [9.17, 15) is 5.11 Å². The SMILES string of the molecule is OCC1(NC2CC2)CCC(SC2CCOCC2)C1. The molecule has 2 saturated carbocycles. The summed E-state index contributed by atoms with van der Waals surface area (Å²) in [4.78, 5) is 0. The molecule has 0 aromatic heterocycles. The summed E-state index contributed by atoms with van der Waals surface area (Å²) in [5, 5.41) is 15.0. The number of hydrogen-bond acceptors (Lipinski definition) is 4. The standard InChI is InChI=1S/C14H25NO2S/c16-10-14(15-11-1-2-11)6-3-13(9-14)18-12-4-7-17-8-5-12/h11-13,15-16H,1-10H2. The number of thioether (sulfide) groups is 1. The van der Waals surface area contributed by atoms with Gasteiger partial charge in [-0.25, -0.2) is 0 Å². The molecule has 0 amide bonds. The maximum atomic E-state index is 9.73. The molecule has 1 saturated heterocycles. The first-order valence-corrected chi connectivity index (χ1v) is 8.36. The summed E-state index contributed by atoms with van der Waals surface area (Å²) in [6.45, 7) is 2.19. The first kappa shape index (κ1) is 13.2. The lowest BCUT2D eigenvalue weighted by Gasteiger charge is -2.30. The number of aliphatic hydroxyl groups excluding tert-OH is 1. The fourth-order valence-electron chi connectivity index (χ4n) is 3.26. The maximum Gasteiger partial charge on any atom is 0.0613 e. The molecule has 0 bridgehead atoms. The second-order valence-electron chi connectivity index (χ2n) is 6.17. The van der Waals surface area contributed by atoms with Gasteiger partial charge >= 0.3 is 0 Å². The topological polar surface area (TPSA) is 41.5 Å². The predicted octanol–water partition coefficient (Wildman–Crippen LogP) is 1.93. The summed E-state index contributed by atoms with van der Waals surface area (Å²) < 4.78 is 5.42. The monoisotopic (exact) mass is 271 g/mol. The van der Waals surface area contributed by atoms with Crippen molar-refractivity contribution in [1.82, 2.24) is 5.32 Å². The Kier molecular flexibility index (Phi) is 4.18. The second-order valence-corrected chi connectivity index (χ2v) is 7.78. The quantitative estimate of drug-likeness (QED) is 0.802. The summed E-state index contributed by atoms with van der Waals surface area (Å²) in [7, 11) is 0. The molecule has 0 spiro atoms. The van der Waals surface area contributed by atoms with Gasteiger partial charge in [0.25, 0.3) is 0 Å². The van der Waals surface area contributed by atoms with Crippen LogP contribution >= 0.6 is 11.8 Å². The van der Waals surface area contributed by atoms with Crippen molar-refractivity contribution in [2.45, 2.75) is 67.0 Å². The summed E-state index contributed by atoms with van der Waals surface area (Å²) in [5.74, 6) is 0. The van der Waals surface area contributed by atoms with E-state index in [1.54, 1.807) is 0 Å². The first-order chi connectivity index (χ1) is 8.80. The molecule has 3 aliphatic rings. The summed E-state index contributed by atoms with van der Waals surface area (Å²) in [6, 6.07) is 0.698. The highest BCUT2D eigenvalue weighted by atomic mass is 32.2. The average Bonchev–Trinajstić information content (AvgIpc) is 3.12. The molecule has 0 aromatic carbocycles. The van der Waals surface area contributed by atoms with Crippen LogP contribution in [-0.4, -0.2) is 47.0 Å². The van der Waals surface area contributed by atoms with Gasteiger partial charge in [0.15, 0.2) is 0 Å². The van der Waals surface area contributed by atoms with E-state index in [-0.39, 0.29) is 5.54 Å². The van der Waals surface area contributed by atoms with Crippen LogP contribution in [0, 0.1) is 0 Å². The third-order valence-corrected chi connectivity index (χ3v) is 6.15. The maximum absolute atomic E-state index is 9.73. The summed E-state index contributed by atoms with van der Waals surface area (Å²) in [5.41, 5.74) is 0.0456. The van der Waals surface area contributed by atoms with Crippen molar-refractivity contribution in [2.24, 2.45) is 0 Å². The van der Waals surface area contributed by atoms with Gasteiger partial charge in [-0.1, -0.05) is 0 Å². The molecule has 2 atom stereocenters. The van der Waals surface area contributed by atoms with Crippen molar-refractivity contribution >= 4 is 11.8 Å². The molecule has 0 aromatic rings. The van der Waals surface area contributed by atoms with E-state index in [0.29, 0.717) is 12.6 Å². The number of nitrogens with one attached hydrogen (secondary N) is 1. The van der Waals surface area contributed by atoms with Crippen LogP contribution in [0.5, 0.6) is 0 Å². The minimum atomic E-state index is 0.0456. The highest BCUT2D eigenvalue weighted by Gasteiger charge is 2.42. The zero-order valence-electron chi connectivity index (χ0n) is 11.1. The zero-order chi connectivity index (χ0) is 12.4. The third kappa shape index (κ3) is 3.21. The van der Waals surface area contributed by atoms with Crippen molar-refractivity contribution in [3.8, 4) is 0 Å². The van der Waals surface area contributed by atoms with Crippen LogP contribution in [0.4, 0.5) is 0 Å². The molecule has 18 heavy (non-hydrogen) atoms.